The van der Waals surface area contributed by atoms with Crippen molar-refractivity contribution < 1.29 is 0 Å². The van der Waals surface area contributed by atoms with E-state index in [0.717, 1.165) is 83.9 Å². The van der Waals surface area contributed by atoms with Gasteiger partial charge in [0.25, 0.3) is 0 Å². The fourth-order valence-corrected chi connectivity index (χ4v) is 5.39. The molecule has 0 saturated heterocycles. The number of aromatic nitrogens is 2. The van der Waals surface area contributed by atoms with Gasteiger partial charge in [-0.15, -0.1) is 24.8 Å². The van der Waals surface area contributed by atoms with Gasteiger partial charge in [-0.2, -0.15) is 0 Å². The molecule has 0 unspecified atom stereocenters. The molecule has 2 aromatic heterocycles. The van der Waals surface area contributed by atoms with Gasteiger partial charge in [0.05, 0.1) is 22.4 Å². The highest BCUT2D eigenvalue weighted by Crippen LogP contribution is 2.29. The number of pyridine rings is 2. The van der Waals surface area contributed by atoms with Gasteiger partial charge in [0.1, 0.15) is 0 Å². The van der Waals surface area contributed by atoms with E-state index >= 15 is 0 Å². The average molecular weight is 684 g/mol. The summed E-state index contributed by atoms with van der Waals surface area (Å²) in [5.74, 6) is 0. The second-order valence-corrected chi connectivity index (χ2v) is 12.0. The Labute approximate surface area is 298 Å². The number of nitrogens with one attached hydrogen (secondary N) is 2. The van der Waals surface area contributed by atoms with E-state index in [-0.39, 0.29) is 24.8 Å². The molecule has 4 aromatic carbocycles. The zero-order valence-electron chi connectivity index (χ0n) is 28.4. The van der Waals surface area contributed by atoms with Gasteiger partial charge in [-0.1, -0.05) is 97.1 Å². The minimum atomic E-state index is 0. The Hall–Kier alpha value is -4.20. The van der Waals surface area contributed by atoms with Gasteiger partial charge in [-0.25, -0.2) is 9.97 Å². The van der Waals surface area contributed by atoms with Gasteiger partial charge in [-0.05, 0) is 78.4 Å². The molecule has 0 saturated carbocycles. The Bertz CT molecular complexity index is 1680. The predicted octanol–water partition coefficient (Wildman–Crippen LogP) is 9.37. The topological polar surface area (TPSA) is 56.3 Å². The predicted molar refractivity (Wildman–Crippen MR) is 212 cm³/mol. The normalized spacial score (nSPS) is 10.6. The van der Waals surface area contributed by atoms with E-state index in [9.17, 15) is 0 Å². The van der Waals surface area contributed by atoms with Crippen molar-refractivity contribution in [2.45, 2.75) is 12.8 Å². The van der Waals surface area contributed by atoms with E-state index in [2.05, 4.69) is 146 Å². The smallest absolute Gasteiger partial charge is 0.0730 e. The molecule has 0 atom stereocenters. The molecule has 0 aliphatic rings. The van der Waals surface area contributed by atoms with Gasteiger partial charge in [0, 0.05) is 46.4 Å². The van der Waals surface area contributed by atoms with Crippen LogP contribution in [0, 0.1) is 0 Å². The minimum Gasteiger partial charge on any atom is -0.384 e. The molecule has 6 nitrogen and oxygen atoms in total. The lowest BCUT2D eigenvalue weighted by Crippen LogP contribution is -2.16. The van der Waals surface area contributed by atoms with Crippen LogP contribution >= 0.6 is 24.8 Å². The van der Waals surface area contributed by atoms with Gasteiger partial charge in [-0.3, -0.25) is 0 Å². The van der Waals surface area contributed by atoms with E-state index in [1.54, 1.807) is 0 Å². The molecule has 0 bridgehead atoms. The van der Waals surface area contributed by atoms with Crippen molar-refractivity contribution in [2.75, 3.05) is 65.0 Å². The maximum Gasteiger partial charge on any atom is 0.0730 e. The number of hydrogen-bond acceptors (Lipinski definition) is 6. The van der Waals surface area contributed by atoms with Crippen LogP contribution in [0.2, 0.25) is 0 Å². The van der Waals surface area contributed by atoms with Crippen LogP contribution in [0.1, 0.15) is 12.8 Å². The second-order valence-electron chi connectivity index (χ2n) is 12.0. The number of nitrogens with zero attached hydrogens (tertiary/aromatic N) is 4. The van der Waals surface area contributed by atoms with E-state index in [1.165, 1.54) is 10.8 Å². The van der Waals surface area contributed by atoms with E-state index in [1.807, 2.05) is 24.3 Å². The van der Waals surface area contributed by atoms with Crippen molar-refractivity contribution in [1.82, 2.24) is 19.8 Å². The van der Waals surface area contributed by atoms with Crippen LogP contribution in [-0.4, -0.2) is 74.1 Å². The highest BCUT2D eigenvalue weighted by atomic mass is 35.5. The standard InChI is InChI=1S/2C20H23N3.2ClH/c2*1-23(2)14-8-13-21-20-15-19(16-9-4-3-5-10-16)22-18-12-7-6-11-17(18)20;;/h2*3-7,9-12,15H,8,13-14H2,1-2H3,(H,21,22);2*1H. The third-order valence-corrected chi connectivity index (χ3v) is 7.77. The molecule has 0 radical (unpaired) electrons. The molecule has 2 N–H and O–H groups in total. The van der Waals surface area contributed by atoms with Crippen LogP contribution in [0.3, 0.4) is 0 Å². The number of benzene rings is 4. The monoisotopic (exact) mass is 682 g/mol. The van der Waals surface area contributed by atoms with Crippen molar-refractivity contribution >= 4 is 58.0 Å². The molecule has 0 aliphatic carbocycles. The fraction of sp³-hybridized carbons (Fsp3) is 0.250. The lowest BCUT2D eigenvalue weighted by Gasteiger charge is -2.14. The second kappa shape index (κ2) is 19.6. The first-order valence-electron chi connectivity index (χ1n) is 16.2. The van der Waals surface area contributed by atoms with E-state index < -0.39 is 0 Å². The van der Waals surface area contributed by atoms with Crippen LogP contribution in [0.15, 0.2) is 121 Å². The Balaban J connectivity index is 0.000000250. The summed E-state index contributed by atoms with van der Waals surface area (Å²) in [7, 11) is 8.43. The first kappa shape index (κ1) is 38.2. The third-order valence-electron chi connectivity index (χ3n) is 7.77. The Morgan fingerprint density at radius 1 is 0.479 bits per heavy atom. The zero-order valence-corrected chi connectivity index (χ0v) is 30.0. The van der Waals surface area contributed by atoms with Crippen molar-refractivity contribution in [3.8, 4) is 22.5 Å². The molecule has 2 heterocycles. The third kappa shape index (κ3) is 10.9. The minimum absolute atomic E-state index is 0. The van der Waals surface area contributed by atoms with Crippen LogP contribution in [-0.2, 0) is 0 Å². The van der Waals surface area contributed by atoms with Crippen LogP contribution in [0.5, 0.6) is 0 Å². The molecule has 0 fully saturated rings. The summed E-state index contributed by atoms with van der Waals surface area (Å²) < 4.78 is 0. The Morgan fingerprint density at radius 2 is 0.833 bits per heavy atom. The summed E-state index contributed by atoms with van der Waals surface area (Å²) in [5.41, 5.74) is 8.71. The lowest BCUT2D eigenvalue weighted by atomic mass is 10.1. The van der Waals surface area contributed by atoms with Crippen molar-refractivity contribution in [2.24, 2.45) is 0 Å². The fourth-order valence-electron chi connectivity index (χ4n) is 5.39. The molecule has 48 heavy (non-hydrogen) atoms. The van der Waals surface area contributed by atoms with Gasteiger partial charge < -0.3 is 20.4 Å². The van der Waals surface area contributed by atoms with Crippen molar-refractivity contribution in [3.63, 3.8) is 0 Å². The van der Waals surface area contributed by atoms with Crippen LogP contribution < -0.4 is 10.6 Å². The number of para-hydroxylation sites is 2. The summed E-state index contributed by atoms with van der Waals surface area (Å²) in [4.78, 5) is 14.0. The van der Waals surface area contributed by atoms with Gasteiger partial charge in [0.15, 0.2) is 0 Å². The van der Waals surface area contributed by atoms with Crippen molar-refractivity contribution in [1.29, 1.82) is 0 Å². The summed E-state index contributed by atoms with van der Waals surface area (Å²) in [6, 6.07) is 41.6. The number of halogens is 2. The van der Waals surface area contributed by atoms with Gasteiger partial charge in [0.2, 0.25) is 0 Å². The largest absolute Gasteiger partial charge is 0.384 e. The molecular formula is C40H48Cl2N6. The highest BCUT2D eigenvalue weighted by molar-refractivity contribution is 5.94. The highest BCUT2D eigenvalue weighted by Gasteiger charge is 2.08. The lowest BCUT2D eigenvalue weighted by molar-refractivity contribution is 0.405. The first-order chi connectivity index (χ1) is 22.5. The maximum atomic E-state index is 4.81. The number of fused-ring (bicyclic) bond motifs is 2. The molecule has 252 valence electrons. The van der Waals surface area contributed by atoms with Gasteiger partial charge >= 0.3 is 0 Å². The molecule has 8 heteroatoms. The number of anilines is 2. The molecular weight excluding hydrogens is 635 g/mol. The molecule has 0 spiro atoms. The summed E-state index contributed by atoms with van der Waals surface area (Å²) >= 11 is 0. The first-order valence-corrected chi connectivity index (χ1v) is 16.2. The van der Waals surface area contributed by atoms with Crippen LogP contribution in [0.4, 0.5) is 11.4 Å². The molecule has 0 aliphatic heterocycles. The summed E-state index contributed by atoms with van der Waals surface area (Å²) in [5, 5.41) is 9.53. The van der Waals surface area contributed by atoms with E-state index in [0.29, 0.717) is 0 Å². The van der Waals surface area contributed by atoms with Crippen LogP contribution in [0.25, 0.3) is 44.3 Å². The maximum absolute atomic E-state index is 4.81. The number of rotatable bonds is 12. The molecule has 0 amide bonds. The summed E-state index contributed by atoms with van der Waals surface area (Å²) in [6.07, 6.45) is 2.23. The Kier molecular flexibility index (Phi) is 15.6. The quantitative estimate of drug-likeness (QED) is 0.125. The van der Waals surface area contributed by atoms with E-state index in [4.69, 9.17) is 9.97 Å². The number of hydrogen-bond donors (Lipinski definition) is 2. The Morgan fingerprint density at radius 3 is 1.21 bits per heavy atom. The molecule has 6 aromatic rings. The zero-order chi connectivity index (χ0) is 32.1. The SMILES string of the molecule is CN(C)CCCNc1cc(-c2ccccc2)nc2ccccc12.CN(C)CCCNc1cc(-c2ccccc2)nc2ccccc12.Cl.Cl. The average Bonchev–Trinajstić information content (AvgIpc) is 3.09. The van der Waals surface area contributed by atoms with Crippen molar-refractivity contribution in [3.05, 3.63) is 121 Å². The summed E-state index contributed by atoms with van der Waals surface area (Å²) in [6.45, 7) is 4.09. The molecule has 6 rings (SSSR count).